The number of ether oxygens (including phenoxy) is 1. The molecule has 22 heavy (non-hydrogen) atoms. The van der Waals surface area contributed by atoms with Crippen LogP contribution in [0.2, 0.25) is 0 Å². The second-order valence-corrected chi connectivity index (χ2v) is 6.25. The molecule has 0 N–H and O–H groups in total. The molecular formula is C18H27N3O. The van der Waals surface area contributed by atoms with Crippen molar-refractivity contribution in [2.24, 2.45) is 0 Å². The normalized spacial score (nSPS) is 16.7. The van der Waals surface area contributed by atoms with Gasteiger partial charge in [0.05, 0.1) is 13.2 Å². The third-order valence-electron chi connectivity index (χ3n) is 4.62. The van der Waals surface area contributed by atoms with Crippen LogP contribution in [0.15, 0.2) is 30.3 Å². The number of para-hydroxylation sites is 1. The van der Waals surface area contributed by atoms with Crippen LogP contribution in [-0.2, 0) is 11.3 Å². The molecule has 0 atom stereocenters. The zero-order chi connectivity index (χ0) is 15.4. The predicted octanol–water partition coefficient (Wildman–Crippen LogP) is 2.21. The number of nitrogens with zero attached hydrogens (tertiary/aromatic N) is 3. The Balaban J connectivity index is 1.51. The van der Waals surface area contributed by atoms with E-state index in [0.29, 0.717) is 0 Å². The van der Waals surface area contributed by atoms with Gasteiger partial charge >= 0.3 is 0 Å². The van der Waals surface area contributed by atoms with Crippen LogP contribution < -0.4 is 0 Å². The highest BCUT2D eigenvalue weighted by Gasteiger charge is 2.11. The topological polar surface area (TPSA) is 20.6 Å². The molecule has 1 aliphatic rings. The Hall–Kier alpha value is -1.36. The van der Waals surface area contributed by atoms with Crippen molar-refractivity contribution in [2.45, 2.75) is 13.5 Å². The van der Waals surface area contributed by atoms with Crippen LogP contribution in [0.25, 0.3) is 10.9 Å². The third kappa shape index (κ3) is 3.69. The van der Waals surface area contributed by atoms with Crippen LogP contribution in [0.4, 0.5) is 0 Å². The first kappa shape index (κ1) is 15.5. The van der Waals surface area contributed by atoms with Crippen LogP contribution in [0.3, 0.4) is 0 Å². The lowest BCUT2D eigenvalue weighted by Crippen LogP contribution is -2.41. The lowest BCUT2D eigenvalue weighted by Gasteiger charge is -2.28. The number of hydrogen-bond acceptors (Lipinski definition) is 3. The van der Waals surface area contributed by atoms with E-state index in [1.807, 2.05) is 0 Å². The van der Waals surface area contributed by atoms with Crippen molar-refractivity contribution in [1.82, 2.24) is 14.4 Å². The van der Waals surface area contributed by atoms with Gasteiger partial charge in [-0.25, -0.2) is 0 Å². The van der Waals surface area contributed by atoms with Crippen LogP contribution in [-0.4, -0.2) is 67.4 Å². The zero-order valence-corrected chi connectivity index (χ0v) is 13.8. The molecule has 3 rings (SSSR count). The SMILES string of the molecule is Cc1cc2ccccc2n1CCN(C)CCN1CCOCC1. The number of aryl methyl sites for hydroxylation is 1. The third-order valence-corrected chi connectivity index (χ3v) is 4.62. The standard InChI is InChI=1S/C18H27N3O/c1-16-15-17-5-3-4-6-18(17)21(16)10-8-19(2)7-9-20-11-13-22-14-12-20/h3-6,15H,7-14H2,1-2H3. The Bertz CT molecular complexity index is 601. The Morgan fingerprint density at radius 3 is 2.64 bits per heavy atom. The maximum atomic E-state index is 5.40. The van der Waals surface area contributed by atoms with Crippen LogP contribution in [0, 0.1) is 6.92 Å². The molecule has 2 aromatic rings. The Labute approximate surface area is 133 Å². The monoisotopic (exact) mass is 301 g/mol. The highest BCUT2D eigenvalue weighted by Crippen LogP contribution is 2.18. The van der Waals surface area contributed by atoms with Crippen LogP contribution in [0.5, 0.6) is 0 Å². The first-order valence-corrected chi connectivity index (χ1v) is 8.27. The summed E-state index contributed by atoms with van der Waals surface area (Å²) >= 11 is 0. The Kier molecular flexibility index (Phi) is 5.13. The summed E-state index contributed by atoms with van der Waals surface area (Å²) in [6, 6.07) is 10.9. The van der Waals surface area contributed by atoms with E-state index >= 15 is 0 Å². The largest absolute Gasteiger partial charge is 0.379 e. The highest BCUT2D eigenvalue weighted by atomic mass is 16.5. The van der Waals surface area contributed by atoms with Gasteiger partial charge in [-0.15, -0.1) is 0 Å². The molecule has 120 valence electrons. The van der Waals surface area contributed by atoms with Crippen LogP contribution >= 0.6 is 0 Å². The van der Waals surface area contributed by atoms with Gasteiger partial charge in [-0.1, -0.05) is 18.2 Å². The molecular weight excluding hydrogens is 274 g/mol. The number of likely N-dealkylation sites (N-methyl/N-ethyl adjacent to an activating group) is 1. The van der Waals surface area contributed by atoms with E-state index in [-0.39, 0.29) is 0 Å². The smallest absolute Gasteiger partial charge is 0.0594 e. The van der Waals surface area contributed by atoms with Gasteiger partial charge in [-0.05, 0) is 31.5 Å². The van der Waals surface area contributed by atoms with Gasteiger partial charge < -0.3 is 14.2 Å². The zero-order valence-electron chi connectivity index (χ0n) is 13.8. The Morgan fingerprint density at radius 1 is 1.09 bits per heavy atom. The molecule has 1 fully saturated rings. The van der Waals surface area contributed by atoms with Crippen molar-refractivity contribution in [3.63, 3.8) is 0 Å². The van der Waals surface area contributed by atoms with Crippen molar-refractivity contribution >= 4 is 10.9 Å². The molecule has 0 spiro atoms. The molecule has 0 aliphatic carbocycles. The molecule has 1 aromatic carbocycles. The lowest BCUT2D eigenvalue weighted by atomic mass is 10.2. The molecule has 0 amide bonds. The summed E-state index contributed by atoms with van der Waals surface area (Å²) in [4.78, 5) is 4.93. The molecule has 1 saturated heterocycles. The van der Waals surface area contributed by atoms with E-state index in [0.717, 1.165) is 52.5 Å². The number of morpholine rings is 1. The second kappa shape index (κ2) is 7.27. The van der Waals surface area contributed by atoms with Gasteiger partial charge in [-0.3, -0.25) is 4.90 Å². The van der Waals surface area contributed by atoms with Crippen molar-refractivity contribution in [1.29, 1.82) is 0 Å². The van der Waals surface area contributed by atoms with Gasteiger partial charge in [0.25, 0.3) is 0 Å². The molecule has 2 heterocycles. The quantitative estimate of drug-likeness (QED) is 0.816. The minimum atomic E-state index is 0.887. The summed E-state index contributed by atoms with van der Waals surface area (Å²) < 4.78 is 7.83. The first-order chi connectivity index (χ1) is 10.7. The van der Waals surface area contributed by atoms with Crippen molar-refractivity contribution in [2.75, 3.05) is 53.0 Å². The van der Waals surface area contributed by atoms with Crippen LogP contribution in [0.1, 0.15) is 5.69 Å². The average molecular weight is 301 g/mol. The summed E-state index contributed by atoms with van der Waals surface area (Å²) in [5, 5.41) is 1.34. The summed E-state index contributed by atoms with van der Waals surface area (Å²) in [7, 11) is 2.22. The van der Waals surface area contributed by atoms with Gasteiger partial charge in [0.15, 0.2) is 0 Å². The molecule has 4 heteroatoms. The van der Waals surface area contributed by atoms with Crippen molar-refractivity contribution in [3.05, 3.63) is 36.0 Å². The highest BCUT2D eigenvalue weighted by molar-refractivity contribution is 5.81. The van der Waals surface area contributed by atoms with Gasteiger partial charge in [0.1, 0.15) is 0 Å². The fourth-order valence-electron chi connectivity index (χ4n) is 3.16. The number of benzene rings is 1. The van der Waals surface area contributed by atoms with Gasteiger partial charge in [0.2, 0.25) is 0 Å². The minimum Gasteiger partial charge on any atom is -0.379 e. The number of hydrogen-bond donors (Lipinski definition) is 0. The average Bonchev–Trinajstić information content (AvgIpc) is 2.87. The van der Waals surface area contributed by atoms with E-state index < -0.39 is 0 Å². The van der Waals surface area contributed by atoms with E-state index in [1.165, 1.54) is 16.6 Å². The summed E-state index contributed by atoms with van der Waals surface area (Å²) in [5.74, 6) is 0. The van der Waals surface area contributed by atoms with E-state index in [4.69, 9.17) is 4.74 Å². The molecule has 0 unspecified atom stereocenters. The molecule has 1 aliphatic heterocycles. The van der Waals surface area contributed by atoms with E-state index in [2.05, 4.69) is 58.7 Å². The maximum Gasteiger partial charge on any atom is 0.0594 e. The van der Waals surface area contributed by atoms with Crippen molar-refractivity contribution < 1.29 is 4.74 Å². The molecule has 0 saturated carbocycles. The van der Waals surface area contributed by atoms with E-state index in [1.54, 1.807) is 0 Å². The van der Waals surface area contributed by atoms with Gasteiger partial charge in [0, 0.05) is 50.5 Å². The van der Waals surface area contributed by atoms with Crippen molar-refractivity contribution in [3.8, 4) is 0 Å². The minimum absolute atomic E-state index is 0.887. The summed E-state index contributed by atoms with van der Waals surface area (Å²) in [6.07, 6.45) is 0. The Morgan fingerprint density at radius 2 is 1.82 bits per heavy atom. The maximum absolute atomic E-state index is 5.40. The fraction of sp³-hybridized carbons (Fsp3) is 0.556. The lowest BCUT2D eigenvalue weighted by molar-refractivity contribution is 0.0344. The summed E-state index contributed by atoms with van der Waals surface area (Å²) in [6.45, 7) is 10.5. The number of rotatable bonds is 6. The number of fused-ring (bicyclic) bond motifs is 1. The molecule has 1 aromatic heterocycles. The van der Waals surface area contributed by atoms with E-state index in [9.17, 15) is 0 Å². The molecule has 0 radical (unpaired) electrons. The van der Waals surface area contributed by atoms with Gasteiger partial charge in [-0.2, -0.15) is 0 Å². The molecule has 0 bridgehead atoms. The second-order valence-electron chi connectivity index (χ2n) is 6.25. The number of aromatic nitrogens is 1. The summed E-state index contributed by atoms with van der Waals surface area (Å²) in [5.41, 5.74) is 2.70. The first-order valence-electron chi connectivity index (χ1n) is 8.27. The predicted molar refractivity (Wildman–Crippen MR) is 91.4 cm³/mol. The fourth-order valence-corrected chi connectivity index (χ4v) is 3.16. The molecule has 4 nitrogen and oxygen atoms in total.